The largest absolute Gasteiger partial charge is 0.354 e. The molecule has 1 fully saturated rings. The molecule has 0 aromatic carbocycles. The highest BCUT2D eigenvalue weighted by molar-refractivity contribution is 6.30. The molecule has 0 bridgehead atoms. The van der Waals surface area contributed by atoms with Crippen molar-refractivity contribution in [2.45, 2.75) is 25.4 Å². The van der Waals surface area contributed by atoms with Crippen molar-refractivity contribution < 1.29 is 0 Å². The van der Waals surface area contributed by atoms with Crippen LogP contribution in [0.15, 0.2) is 29.5 Å². The van der Waals surface area contributed by atoms with Crippen LogP contribution in [0.25, 0.3) is 5.65 Å². The lowest BCUT2D eigenvalue weighted by Gasteiger charge is -2.09. The van der Waals surface area contributed by atoms with E-state index in [0.29, 0.717) is 17.6 Å². The Kier molecular flexibility index (Phi) is 3.29. The monoisotopic (exact) mass is 277 g/mol. The number of nitrogens with one attached hydrogen (secondary N) is 2. The van der Waals surface area contributed by atoms with Gasteiger partial charge in [-0.05, 0) is 25.0 Å². The van der Waals surface area contributed by atoms with Crippen molar-refractivity contribution in [1.82, 2.24) is 20.0 Å². The van der Waals surface area contributed by atoms with Gasteiger partial charge in [-0.1, -0.05) is 11.6 Å². The fourth-order valence-corrected chi connectivity index (χ4v) is 2.06. The van der Waals surface area contributed by atoms with E-state index >= 15 is 0 Å². The number of guanidine groups is 1. The number of nitrogens with zero attached hydrogens (tertiary/aromatic N) is 3. The highest BCUT2D eigenvalue weighted by atomic mass is 35.5. The lowest BCUT2D eigenvalue weighted by Crippen LogP contribution is -2.38. The molecule has 5 nitrogen and oxygen atoms in total. The summed E-state index contributed by atoms with van der Waals surface area (Å²) in [5, 5.41) is 7.30. The van der Waals surface area contributed by atoms with Gasteiger partial charge in [0.15, 0.2) is 5.96 Å². The number of hydrogen-bond donors (Lipinski definition) is 2. The van der Waals surface area contributed by atoms with Gasteiger partial charge in [-0.3, -0.25) is 4.99 Å². The maximum Gasteiger partial charge on any atom is 0.191 e. The minimum Gasteiger partial charge on any atom is -0.354 e. The summed E-state index contributed by atoms with van der Waals surface area (Å²) >= 11 is 5.95. The first kappa shape index (κ1) is 12.3. The quantitative estimate of drug-likeness (QED) is 0.665. The second kappa shape index (κ2) is 5.09. The number of halogens is 1. The normalized spacial score (nSPS) is 15.8. The SMILES string of the molecule is CN=C(NCc1cn2cc(Cl)ccc2n1)NC1CC1. The number of aromatic nitrogens is 2. The fraction of sp³-hybridized carbons (Fsp3) is 0.385. The molecule has 0 aliphatic heterocycles. The smallest absolute Gasteiger partial charge is 0.191 e. The number of fused-ring (bicyclic) bond motifs is 1. The van der Waals surface area contributed by atoms with Crippen LogP contribution in [0.1, 0.15) is 18.5 Å². The van der Waals surface area contributed by atoms with Crippen LogP contribution in [0.5, 0.6) is 0 Å². The molecule has 0 spiro atoms. The molecular formula is C13H16ClN5. The molecule has 0 amide bonds. The summed E-state index contributed by atoms with van der Waals surface area (Å²) in [6, 6.07) is 4.34. The molecule has 0 atom stereocenters. The molecule has 2 N–H and O–H groups in total. The van der Waals surface area contributed by atoms with Crippen LogP contribution >= 0.6 is 11.6 Å². The zero-order valence-electron chi connectivity index (χ0n) is 10.7. The number of hydrogen-bond acceptors (Lipinski definition) is 2. The molecule has 2 aromatic rings. The van der Waals surface area contributed by atoms with Gasteiger partial charge in [0.25, 0.3) is 0 Å². The molecule has 0 radical (unpaired) electrons. The van der Waals surface area contributed by atoms with Gasteiger partial charge in [0.2, 0.25) is 0 Å². The predicted molar refractivity (Wildman–Crippen MR) is 76.6 cm³/mol. The summed E-state index contributed by atoms with van der Waals surface area (Å²) in [4.78, 5) is 8.70. The topological polar surface area (TPSA) is 53.7 Å². The van der Waals surface area contributed by atoms with E-state index in [0.717, 1.165) is 17.3 Å². The number of pyridine rings is 1. The van der Waals surface area contributed by atoms with Crippen molar-refractivity contribution >= 4 is 23.2 Å². The Labute approximate surface area is 116 Å². The van der Waals surface area contributed by atoms with Crippen LogP contribution < -0.4 is 10.6 Å². The average molecular weight is 278 g/mol. The van der Waals surface area contributed by atoms with Crippen molar-refractivity contribution in [1.29, 1.82) is 0 Å². The van der Waals surface area contributed by atoms with E-state index in [1.165, 1.54) is 12.8 Å². The standard InChI is InChI=1S/C13H16ClN5/c1-15-13(18-10-3-4-10)16-6-11-8-19-7-9(14)2-5-12(19)17-11/h2,5,7-8,10H,3-4,6H2,1H3,(H2,15,16,18). The maximum atomic E-state index is 5.95. The minimum absolute atomic E-state index is 0.589. The summed E-state index contributed by atoms with van der Waals surface area (Å²) in [5.41, 5.74) is 1.85. The Hall–Kier alpha value is -1.75. The third-order valence-electron chi connectivity index (χ3n) is 3.04. The molecule has 0 unspecified atom stereocenters. The van der Waals surface area contributed by atoms with Gasteiger partial charge in [-0.25, -0.2) is 4.98 Å². The first-order valence-corrected chi connectivity index (χ1v) is 6.73. The molecule has 19 heavy (non-hydrogen) atoms. The third kappa shape index (κ3) is 2.98. The van der Waals surface area contributed by atoms with Gasteiger partial charge >= 0.3 is 0 Å². The van der Waals surface area contributed by atoms with Crippen LogP contribution in [0.3, 0.4) is 0 Å². The molecule has 2 heterocycles. The van der Waals surface area contributed by atoms with Crippen LogP contribution in [0, 0.1) is 0 Å². The molecule has 100 valence electrons. The molecule has 1 saturated carbocycles. The van der Waals surface area contributed by atoms with Gasteiger partial charge in [0.1, 0.15) is 5.65 Å². The molecule has 6 heteroatoms. The summed E-state index contributed by atoms with van der Waals surface area (Å²) in [5.74, 6) is 0.831. The van der Waals surface area contributed by atoms with Gasteiger partial charge in [0, 0.05) is 25.5 Å². The van der Waals surface area contributed by atoms with Crippen molar-refractivity contribution in [3.05, 3.63) is 35.2 Å². The van der Waals surface area contributed by atoms with E-state index in [-0.39, 0.29) is 0 Å². The Balaban J connectivity index is 1.67. The summed E-state index contributed by atoms with van der Waals surface area (Å²) in [7, 11) is 1.78. The molecule has 0 saturated heterocycles. The fourth-order valence-electron chi connectivity index (χ4n) is 1.89. The summed E-state index contributed by atoms with van der Waals surface area (Å²) in [6.45, 7) is 0.645. The van der Waals surface area contributed by atoms with E-state index in [9.17, 15) is 0 Å². The van der Waals surface area contributed by atoms with E-state index in [2.05, 4.69) is 20.6 Å². The van der Waals surface area contributed by atoms with Crippen molar-refractivity contribution in [3.8, 4) is 0 Å². The number of aliphatic imine (C=N–C) groups is 1. The van der Waals surface area contributed by atoms with Crippen molar-refractivity contribution in [3.63, 3.8) is 0 Å². The average Bonchev–Trinajstić information content (AvgIpc) is 3.13. The van der Waals surface area contributed by atoms with Crippen molar-refractivity contribution in [2.24, 2.45) is 4.99 Å². The van der Waals surface area contributed by atoms with Crippen LogP contribution in [0.2, 0.25) is 5.02 Å². The van der Waals surface area contributed by atoms with E-state index < -0.39 is 0 Å². The zero-order valence-corrected chi connectivity index (χ0v) is 11.5. The first-order chi connectivity index (χ1) is 9.24. The second-order valence-electron chi connectivity index (χ2n) is 4.69. The predicted octanol–water partition coefficient (Wildman–Crippen LogP) is 1.82. The molecular weight excluding hydrogens is 262 g/mol. The van der Waals surface area contributed by atoms with Crippen LogP contribution in [0.4, 0.5) is 0 Å². The van der Waals surface area contributed by atoms with Gasteiger partial charge < -0.3 is 15.0 Å². The van der Waals surface area contributed by atoms with Crippen molar-refractivity contribution in [2.75, 3.05) is 7.05 Å². The zero-order chi connectivity index (χ0) is 13.2. The van der Waals surface area contributed by atoms with E-state index in [4.69, 9.17) is 11.6 Å². The van der Waals surface area contributed by atoms with Gasteiger partial charge in [0.05, 0.1) is 17.3 Å². The molecule has 3 rings (SSSR count). The van der Waals surface area contributed by atoms with E-state index in [1.54, 1.807) is 7.05 Å². The van der Waals surface area contributed by atoms with Gasteiger partial charge in [-0.2, -0.15) is 0 Å². The minimum atomic E-state index is 0.589. The number of imidazole rings is 1. The highest BCUT2D eigenvalue weighted by Crippen LogP contribution is 2.18. The second-order valence-corrected chi connectivity index (χ2v) is 5.13. The lowest BCUT2D eigenvalue weighted by molar-refractivity contribution is 0.795. The molecule has 1 aliphatic carbocycles. The maximum absolute atomic E-state index is 5.95. The Morgan fingerprint density at radius 2 is 2.32 bits per heavy atom. The molecule has 2 aromatic heterocycles. The summed E-state index contributed by atoms with van der Waals surface area (Å²) < 4.78 is 1.93. The highest BCUT2D eigenvalue weighted by Gasteiger charge is 2.22. The van der Waals surface area contributed by atoms with Gasteiger partial charge in [-0.15, -0.1) is 0 Å². The lowest BCUT2D eigenvalue weighted by atomic mass is 10.5. The Morgan fingerprint density at radius 3 is 3.05 bits per heavy atom. The van der Waals surface area contributed by atoms with Crippen LogP contribution in [-0.2, 0) is 6.54 Å². The molecule has 1 aliphatic rings. The Bertz CT molecular complexity index is 615. The summed E-state index contributed by atoms with van der Waals surface area (Å²) in [6.07, 6.45) is 6.28. The Morgan fingerprint density at radius 1 is 1.47 bits per heavy atom. The number of rotatable bonds is 3. The van der Waals surface area contributed by atoms with Crippen LogP contribution in [-0.4, -0.2) is 28.4 Å². The third-order valence-corrected chi connectivity index (χ3v) is 3.27. The van der Waals surface area contributed by atoms with E-state index in [1.807, 2.05) is 28.9 Å². The first-order valence-electron chi connectivity index (χ1n) is 6.35.